The Hall–Kier alpha value is -4.29. The first-order valence-electron chi connectivity index (χ1n) is 8.86. The zero-order valence-electron chi connectivity index (χ0n) is 15.9. The standard InChI is InChI=1S/C19H13F3N4O6/c20-19(21,22)18(30)23-8-10-3-1-2-4-14(10)24-15(27)9-25-16(28)12-6-5-11(26(31)32)7-13(12)17(25)29/h1-7H,8-9H2,(H,23,30)(H,24,27). The van der Waals surface area contributed by atoms with E-state index in [9.17, 15) is 42.5 Å². The number of para-hydroxylation sites is 1. The van der Waals surface area contributed by atoms with E-state index in [2.05, 4.69) is 5.32 Å². The molecule has 0 radical (unpaired) electrons. The van der Waals surface area contributed by atoms with E-state index in [0.29, 0.717) is 4.90 Å². The smallest absolute Gasteiger partial charge is 0.344 e. The predicted molar refractivity (Wildman–Crippen MR) is 101 cm³/mol. The van der Waals surface area contributed by atoms with Gasteiger partial charge in [-0.05, 0) is 17.7 Å². The highest BCUT2D eigenvalue weighted by Gasteiger charge is 2.39. The van der Waals surface area contributed by atoms with Gasteiger partial charge in [0.1, 0.15) is 6.54 Å². The Morgan fingerprint density at radius 3 is 2.34 bits per heavy atom. The fourth-order valence-corrected chi connectivity index (χ4v) is 2.94. The highest BCUT2D eigenvalue weighted by molar-refractivity contribution is 6.23. The van der Waals surface area contributed by atoms with Crippen molar-refractivity contribution in [1.29, 1.82) is 0 Å². The lowest BCUT2D eigenvalue weighted by atomic mass is 10.1. The van der Waals surface area contributed by atoms with Crippen LogP contribution in [0.3, 0.4) is 0 Å². The molecule has 32 heavy (non-hydrogen) atoms. The van der Waals surface area contributed by atoms with Gasteiger partial charge in [-0.3, -0.25) is 34.2 Å². The van der Waals surface area contributed by atoms with E-state index in [1.165, 1.54) is 24.3 Å². The van der Waals surface area contributed by atoms with Gasteiger partial charge in [0.15, 0.2) is 0 Å². The molecule has 2 aromatic rings. The summed E-state index contributed by atoms with van der Waals surface area (Å²) in [5.74, 6) is -4.71. The van der Waals surface area contributed by atoms with Gasteiger partial charge in [0.25, 0.3) is 17.5 Å². The Morgan fingerprint density at radius 2 is 1.69 bits per heavy atom. The minimum atomic E-state index is -5.07. The molecule has 10 nitrogen and oxygen atoms in total. The van der Waals surface area contributed by atoms with Gasteiger partial charge in [0.05, 0.1) is 16.1 Å². The van der Waals surface area contributed by atoms with Crippen LogP contribution in [0.1, 0.15) is 26.3 Å². The van der Waals surface area contributed by atoms with Crippen molar-refractivity contribution in [3.8, 4) is 0 Å². The van der Waals surface area contributed by atoms with Gasteiger partial charge < -0.3 is 10.6 Å². The Bertz CT molecular complexity index is 1150. The first-order valence-corrected chi connectivity index (χ1v) is 8.86. The quantitative estimate of drug-likeness (QED) is 0.392. The number of anilines is 1. The Kier molecular flexibility index (Phi) is 5.91. The zero-order chi connectivity index (χ0) is 23.6. The number of imide groups is 1. The molecular weight excluding hydrogens is 437 g/mol. The highest BCUT2D eigenvalue weighted by atomic mass is 19.4. The van der Waals surface area contributed by atoms with E-state index < -0.39 is 53.5 Å². The summed E-state index contributed by atoms with van der Waals surface area (Å²) < 4.78 is 37.1. The summed E-state index contributed by atoms with van der Waals surface area (Å²) in [6.07, 6.45) is -5.07. The van der Waals surface area contributed by atoms with Crippen molar-refractivity contribution in [3.05, 3.63) is 69.3 Å². The summed E-state index contributed by atoms with van der Waals surface area (Å²) in [5, 5.41) is 14.9. The van der Waals surface area contributed by atoms with Crippen LogP contribution in [0.5, 0.6) is 0 Å². The summed E-state index contributed by atoms with van der Waals surface area (Å²) in [4.78, 5) is 59.0. The number of amides is 4. The normalized spacial score (nSPS) is 13.0. The second-order valence-electron chi connectivity index (χ2n) is 6.57. The fourth-order valence-electron chi connectivity index (χ4n) is 2.94. The summed E-state index contributed by atoms with van der Waals surface area (Å²) >= 11 is 0. The minimum absolute atomic E-state index is 0.0622. The number of nitrogens with one attached hydrogen (secondary N) is 2. The Morgan fingerprint density at radius 1 is 1.03 bits per heavy atom. The lowest BCUT2D eigenvalue weighted by Crippen LogP contribution is -2.38. The number of nitro benzene ring substituents is 1. The molecule has 0 aliphatic carbocycles. The van der Waals surface area contributed by atoms with E-state index in [1.54, 1.807) is 5.32 Å². The number of alkyl halides is 3. The molecule has 0 bridgehead atoms. The molecule has 1 aliphatic rings. The van der Waals surface area contributed by atoms with Crippen LogP contribution in [0.25, 0.3) is 0 Å². The molecular formula is C19H13F3N4O6. The summed E-state index contributed by atoms with van der Waals surface area (Å²) in [5.41, 5.74) is -0.495. The molecule has 0 saturated heterocycles. The molecule has 13 heteroatoms. The molecule has 1 heterocycles. The third-order valence-corrected chi connectivity index (χ3v) is 4.46. The first kappa shape index (κ1) is 22.4. The van der Waals surface area contributed by atoms with Crippen LogP contribution in [0.2, 0.25) is 0 Å². The summed E-state index contributed by atoms with van der Waals surface area (Å²) in [7, 11) is 0. The van der Waals surface area contributed by atoms with E-state index in [4.69, 9.17) is 0 Å². The van der Waals surface area contributed by atoms with Crippen molar-refractivity contribution < 1.29 is 37.3 Å². The lowest BCUT2D eigenvalue weighted by molar-refractivity contribution is -0.384. The topological polar surface area (TPSA) is 139 Å². The molecule has 3 rings (SSSR count). The maximum atomic E-state index is 12.5. The van der Waals surface area contributed by atoms with Gasteiger partial charge >= 0.3 is 12.1 Å². The van der Waals surface area contributed by atoms with Crippen LogP contribution in [0.4, 0.5) is 24.5 Å². The van der Waals surface area contributed by atoms with Crippen molar-refractivity contribution in [2.45, 2.75) is 12.7 Å². The van der Waals surface area contributed by atoms with Gasteiger partial charge in [-0.2, -0.15) is 13.2 Å². The van der Waals surface area contributed by atoms with Gasteiger partial charge in [-0.15, -0.1) is 0 Å². The molecule has 0 atom stereocenters. The molecule has 1 aliphatic heterocycles. The third kappa shape index (κ3) is 4.55. The molecule has 4 amide bonds. The average Bonchev–Trinajstić information content (AvgIpc) is 2.96. The van der Waals surface area contributed by atoms with Crippen LogP contribution in [-0.2, 0) is 16.1 Å². The van der Waals surface area contributed by atoms with Crippen LogP contribution < -0.4 is 10.6 Å². The highest BCUT2D eigenvalue weighted by Crippen LogP contribution is 2.27. The van der Waals surface area contributed by atoms with E-state index in [0.717, 1.165) is 18.2 Å². The summed E-state index contributed by atoms with van der Waals surface area (Å²) in [6, 6.07) is 8.79. The molecule has 0 aromatic heterocycles. The first-order chi connectivity index (χ1) is 15.0. The van der Waals surface area contributed by atoms with Crippen molar-refractivity contribution in [1.82, 2.24) is 10.2 Å². The largest absolute Gasteiger partial charge is 0.471 e. The number of fused-ring (bicyclic) bond motifs is 1. The van der Waals surface area contributed by atoms with Crippen LogP contribution in [-0.4, -0.2) is 46.2 Å². The Balaban J connectivity index is 1.70. The van der Waals surface area contributed by atoms with E-state index in [-0.39, 0.29) is 22.4 Å². The number of rotatable bonds is 6. The molecule has 2 N–H and O–H groups in total. The van der Waals surface area contributed by atoms with Crippen LogP contribution in [0.15, 0.2) is 42.5 Å². The van der Waals surface area contributed by atoms with Gasteiger partial charge in [-0.25, -0.2) is 0 Å². The number of carbonyl (C=O) groups is 4. The lowest BCUT2D eigenvalue weighted by Gasteiger charge is -2.16. The average molecular weight is 450 g/mol. The van der Waals surface area contributed by atoms with E-state index in [1.807, 2.05) is 0 Å². The zero-order valence-corrected chi connectivity index (χ0v) is 15.9. The number of carbonyl (C=O) groups excluding carboxylic acids is 4. The number of hydrogen-bond donors (Lipinski definition) is 2. The molecule has 0 fully saturated rings. The molecule has 166 valence electrons. The van der Waals surface area contributed by atoms with Crippen molar-refractivity contribution in [2.24, 2.45) is 0 Å². The summed E-state index contributed by atoms with van der Waals surface area (Å²) in [6.45, 7) is -1.27. The molecule has 0 saturated carbocycles. The SMILES string of the molecule is O=C(CN1C(=O)c2ccc([N+](=O)[O-])cc2C1=O)Nc1ccccc1CNC(=O)C(F)(F)F. The number of nitrogens with zero attached hydrogens (tertiary/aromatic N) is 2. The maximum absolute atomic E-state index is 12.5. The van der Waals surface area contributed by atoms with Crippen LogP contribution >= 0.6 is 0 Å². The second kappa shape index (κ2) is 8.45. The predicted octanol–water partition coefficient (Wildman–Crippen LogP) is 2.01. The van der Waals surface area contributed by atoms with Gasteiger partial charge in [-0.1, -0.05) is 18.2 Å². The molecule has 0 spiro atoms. The maximum Gasteiger partial charge on any atom is 0.471 e. The monoisotopic (exact) mass is 450 g/mol. The van der Waals surface area contributed by atoms with Crippen LogP contribution in [0, 0.1) is 10.1 Å². The van der Waals surface area contributed by atoms with E-state index >= 15 is 0 Å². The van der Waals surface area contributed by atoms with Crippen molar-refractivity contribution in [3.63, 3.8) is 0 Å². The molecule has 2 aromatic carbocycles. The van der Waals surface area contributed by atoms with Crippen molar-refractivity contribution >= 4 is 35.0 Å². The van der Waals surface area contributed by atoms with Gasteiger partial charge in [0, 0.05) is 24.4 Å². The van der Waals surface area contributed by atoms with Crippen molar-refractivity contribution in [2.75, 3.05) is 11.9 Å². The second-order valence-corrected chi connectivity index (χ2v) is 6.57. The molecule has 0 unspecified atom stereocenters. The third-order valence-electron chi connectivity index (χ3n) is 4.46. The number of halogens is 3. The number of benzene rings is 2. The number of non-ortho nitro benzene ring substituents is 1. The number of nitro groups is 1. The number of hydrogen-bond acceptors (Lipinski definition) is 6. The Labute approximate surface area is 177 Å². The fraction of sp³-hybridized carbons (Fsp3) is 0.158. The van der Waals surface area contributed by atoms with Gasteiger partial charge in [0.2, 0.25) is 5.91 Å². The minimum Gasteiger partial charge on any atom is -0.344 e.